The number of thiazole rings is 1. The van der Waals surface area contributed by atoms with Gasteiger partial charge in [-0.15, -0.1) is 0 Å². The van der Waals surface area contributed by atoms with E-state index in [2.05, 4.69) is 83.8 Å². The number of anilines is 1. The Labute approximate surface area is 225 Å². The summed E-state index contributed by atoms with van der Waals surface area (Å²) in [6.07, 6.45) is 3.70. The molecule has 2 heterocycles. The molecule has 38 heavy (non-hydrogen) atoms. The lowest BCUT2D eigenvalue weighted by Crippen LogP contribution is -2.22. The van der Waals surface area contributed by atoms with Crippen LogP contribution in [0.15, 0.2) is 66.9 Å². The van der Waals surface area contributed by atoms with Crippen molar-refractivity contribution >= 4 is 49.4 Å². The van der Waals surface area contributed by atoms with Crippen LogP contribution in [-0.2, 0) is 16.8 Å². The Morgan fingerprint density at radius 1 is 1.00 bits per heavy atom. The molecule has 0 unspecified atom stereocenters. The molecule has 2 amide bonds. The first kappa shape index (κ1) is 24.4. The topological polar surface area (TPSA) is 86.9 Å². The molecule has 3 N–H and O–H groups in total. The number of H-pyrrole nitrogens is 1. The molecule has 0 aliphatic heterocycles. The van der Waals surface area contributed by atoms with Crippen LogP contribution in [0.5, 0.6) is 0 Å². The van der Waals surface area contributed by atoms with Gasteiger partial charge in [0.2, 0.25) is 5.91 Å². The van der Waals surface area contributed by atoms with E-state index >= 15 is 0 Å². The van der Waals surface area contributed by atoms with Crippen LogP contribution < -0.4 is 10.6 Å². The highest BCUT2D eigenvalue weighted by Gasteiger charge is 2.30. The Bertz CT molecular complexity index is 1670. The van der Waals surface area contributed by atoms with Crippen LogP contribution in [-0.4, -0.2) is 21.8 Å². The number of fused-ring (bicyclic) bond motifs is 2. The standard InChI is InChI=1S/C31H30N4O2S/c1-31(2,3)22-10-4-18(5-11-22)16-33-29(37)24-17-32-25-12-8-20(14-23(24)25)21-9-13-26-27(15-21)38-30(34-26)35-28(36)19-6-7-19/h4-5,8-15,17,19,32H,6-7,16H2,1-3H3,(H,33,37)(H,34,35,36). The summed E-state index contributed by atoms with van der Waals surface area (Å²) in [4.78, 5) is 33.0. The molecular weight excluding hydrogens is 492 g/mol. The third-order valence-corrected chi connectivity index (χ3v) is 8.03. The Hall–Kier alpha value is -3.97. The van der Waals surface area contributed by atoms with E-state index in [1.165, 1.54) is 16.9 Å². The molecule has 1 saturated carbocycles. The molecule has 3 aromatic carbocycles. The fourth-order valence-corrected chi connectivity index (χ4v) is 5.51. The number of hydrogen-bond donors (Lipinski definition) is 3. The second-order valence-electron chi connectivity index (χ2n) is 11.1. The minimum Gasteiger partial charge on any atom is -0.360 e. The van der Waals surface area contributed by atoms with Gasteiger partial charge in [-0.05, 0) is 64.8 Å². The van der Waals surface area contributed by atoms with Gasteiger partial charge in [0.25, 0.3) is 5.91 Å². The van der Waals surface area contributed by atoms with E-state index < -0.39 is 0 Å². The minimum absolute atomic E-state index is 0.0647. The van der Waals surface area contributed by atoms with Gasteiger partial charge in [0.1, 0.15) is 0 Å². The molecule has 0 saturated heterocycles. The molecule has 6 nitrogen and oxygen atoms in total. The van der Waals surface area contributed by atoms with Gasteiger partial charge in [0.05, 0.1) is 15.8 Å². The zero-order chi connectivity index (χ0) is 26.4. The van der Waals surface area contributed by atoms with Crippen molar-refractivity contribution in [3.8, 4) is 11.1 Å². The van der Waals surface area contributed by atoms with Crippen LogP contribution in [0.4, 0.5) is 5.13 Å². The number of carbonyl (C=O) groups excluding carboxylic acids is 2. The summed E-state index contributed by atoms with van der Waals surface area (Å²) in [7, 11) is 0. The third-order valence-electron chi connectivity index (χ3n) is 7.10. The Morgan fingerprint density at radius 2 is 1.74 bits per heavy atom. The van der Waals surface area contributed by atoms with Crippen LogP contribution in [0.25, 0.3) is 32.2 Å². The fourth-order valence-electron chi connectivity index (χ4n) is 4.60. The Morgan fingerprint density at radius 3 is 2.47 bits per heavy atom. The average Bonchev–Trinajstić information content (AvgIpc) is 3.55. The van der Waals surface area contributed by atoms with Crippen molar-refractivity contribution < 1.29 is 9.59 Å². The van der Waals surface area contributed by atoms with Gasteiger partial charge in [-0.25, -0.2) is 4.98 Å². The molecule has 7 heteroatoms. The summed E-state index contributed by atoms with van der Waals surface area (Å²) < 4.78 is 1.01. The molecule has 0 atom stereocenters. The zero-order valence-corrected chi connectivity index (χ0v) is 22.5. The quantitative estimate of drug-likeness (QED) is 0.224. The molecule has 0 bridgehead atoms. The predicted molar refractivity (Wildman–Crippen MR) is 155 cm³/mol. The van der Waals surface area contributed by atoms with E-state index in [0.717, 1.165) is 50.7 Å². The molecular formula is C31H30N4O2S. The molecule has 1 fully saturated rings. The Kier molecular flexibility index (Phi) is 6.03. The first-order valence-corrected chi connectivity index (χ1v) is 13.8. The monoisotopic (exact) mass is 522 g/mol. The van der Waals surface area contributed by atoms with E-state index in [1.807, 2.05) is 18.2 Å². The van der Waals surface area contributed by atoms with Gasteiger partial charge in [-0.2, -0.15) is 0 Å². The van der Waals surface area contributed by atoms with Crippen LogP contribution >= 0.6 is 11.3 Å². The SMILES string of the molecule is CC(C)(C)c1ccc(CNC(=O)c2c[nH]c3ccc(-c4ccc5nc(NC(=O)C6CC6)sc5c4)cc23)cc1. The number of hydrogen-bond acceptors (Lipinski definition) is 4. The predicted octanol–water partition coefficient (Wildman–Crippen LogP) is 7.02. The lowest BCUT2D eigenvalue weighted by atomic mass is 9.87. The maximum Gasteiger partial charge on any atom is 0.253 e. The summed E-state index contributed by atoms with van der Waals surface area (Å²) in [5.74, 6) is 0.100. The molecule has 1 aliphatic carbocycles. The van der Waals surface area contributed by atoms with E-state index in [1.54, 1.807) is 6.20 Å². The van der Waals surface area contributed by atoms with Crippen LogP contribution in [0.3, 0.4) is 0 Å². The number of nitrogens with zero attached hydrogens (tertiary/aromatic N) is 1. The first-order chi connectivity index (χ1) is 18.2. The molecule has 1 aliphatic rings. The third kappa shape index (κ3) is 4.94. The van der Waals surface area contributed by atoms with Crippen LogP contribution in [0.2, 0.25) is 0 Å². The maximum absolute atomic E-state index is 13.1. The molecule has 0 radical (unpaired) electrons. The van der Waals surface area contributed by atoms with Crippen molar-refractivity contribution in [2.45, 2.75) is 45.6 Å². The molecule has 0 spiro atoms. The number of aromatic amines is 1. The van der Waals surface area contributed by atoms with Crippen molar-refractivity contribution in [2.75, 3.05) is 5.32 Å². The van der Waals surface area contributed by atoms with Gasteiger partial charge < -0.3 is 15.6 Å². The fraction of sp³-hybridized carbons (Fsp3) is 0.258. The molecule has 192 valence electrons. The van der Waals surface area contributed by atoms with Gasteiger partial charge in [0.15, 0.2) is 5.13 Å². The second-order valence-corrected chi connectivity index (χ2v) is 12.1. The van der Waals surface area contributed by atoms with E-state index in [9.17, 15) is 9.59 Å². The number of benzene rings is 3. The first-order valence-electron chi connectivity index (χ1n) is 13.0. The van der Waals surface area contributed by atoms with Crippen molar-refractivity contribution in [2.24, 2.45) is 5.92 Å². The van der Waals surface area contributed by atoms with Crippen LogP contribution in [0, 0.1) is 5.92 Å². The largest absolute Gasteiger partial charge is 0.360 e. The van der Waals surface area contributed by atoms with Crippen LogP contribution in [0.1, 0.15) is 55.1 Å². The number of rotatable bonds is 6. The van der Waals surface area contributed by atoms with Gasteiger partial charge in [-0.1, -0.05) is 68.5 Å². The summed E-state index contributed by atoms with van der Waals surface area (Å²) in [6.45, 7) is 7.04. The van der Waals surface area contributed by atoms with Crippen molar-refractivity contribution in [1.29, 1.82) is 0 Å². The average molecular weight is 523 g/mol. The zero-order valence-electron chi connectivity index (χ0n) is 21.7. The number of aromatic nitrogens is 2. The smallest absolute Gasteiger partial charge is 0.253 e. The summed E-state index contributed by atoms with van der Waals surface area (Å²) >= 11 is 1.49. The summed E-state index contributed by atoms with van der Waals surface area (Å²) in [5, 5.41) is 7.53. The highest BCUT2D eigenvalue weighted by molar-refractivity contribution is 7.22. The Balaban J connectivity index is 1.21. The van der Waals surface area contributed by atoms with Crippen molar-refractivity contribution in [3.63, 3.8) is 0 Å². The summed E-state index contributed by atoms with van der Waals surface area (Å²) in [5.41, 5.74) is 6.89. The van der Waals surface area contributed by atoms with E-state index in [4.69, 9.17) is 0 Å². The number of carbonyl (C=O) groups is 2. The van der Waals surface area contributed by atoms with Gasteiger partial charge in [0, 0.05) is 29.6 Å². The van der Waals surface area contributed by atoms with Gasteiger partial charge in [-0.3, -0.25) is 9.59 Å². The highest BCUT2D eigenvalue weighted by Crippen LogP contribution is 2.34. The van der Waals surface area contributed by atoms with Crippen molar-refractivity contribution in [1.82, 2.24) is 15.3 Å². The van der Waals surface area contributed by atoms with E-state index in [-0.39, 0.29) is 23.1 Å². The van der Waals surface area contributed by atoms with Crippen molar-refractivity contribution in [3.05, 3.63) is 83.6 Å². The maximum atomic E-state index is 13.1. The molecule has 2 aromatic heterocycles. The minimum atomic E-state index is -0.109. The molecule has 5 aromatic rings. The second kappa shape index (κ2) is 9.40. The van der Waals surface area contributed by atoms with Gasteiger partial charge >= 0.3 is 0 Å². The number of nitrogens with one attached hydrogen (secondary N) is 3. The summed E-state index contributed by atoms with van der Waals surface area (Å²) in [6, 6.07) is 20.6. The lowest BCUT2D eigenvalue weighted by molar-refractivity contribution is -0.117. The normalized spacial score (nSPS) is 13.7. The van der Waals surface area contributed by atoms with E-state index in [0.29, 0.717) is 17.2 Å². The molecule has 6 rings (SSSR count). The highest BCUT2D eigenvalue weighted by atomic mass is 32.1. The number of amides is 2. The lowest BCUT2D eigenvalue weighted by Gasteiger charge is -2.19.